The van der Waals surface area contributed by atoms with Crippen LogP contribution >= 0.6 is 15.9 Å². The molecule has 80 valence electrons. The van der Waals surface area contributed by atoms with Crippen molar-refractivity contribution in [3.63, 3.8) is 0 Å². The highest BCUT2D eigenvalue weighted by Gasteiger charge is 2.41. The Hall–Kier alpha value is -1.42. The lowest BCUT2D eigenvalue weighted by Crippen LogP contribution is -2.24. The molecule has 0 bridgehead atoms. The molecule has 4 heteroatoms. The topological polar surface area (TPSA) is 38.7 Å². The third-order valence-electron chi connectivity index (χ3n) is 2.79. The molecule has 1 heterocycles. The first kappa shape index (κ1) is 9.78. The van der Waals surface area contributed by atoms with Crippen molar-refractivity contribution in [2.24, 2.45) is 11.1 Å². The lowest BCUT2D eigenvalue weighted by atomic mass is 9.93. The summed E-state index contributed by atoms with van der Waals surface area (Å²) in [4.78, 5) is 16.9. The molecular weight excluding hydrogens is 270 g/mol. The summed E-state index contributed by atoms with van der Waals surface area (Å²) in [6.45, 7) is 0. The summed E-state index contributed by atoms with van der Waals surface area (Å²) in [6, 6.07) is 7.72. The van der Waals surface area contributed by atoms with Gasteiger partial charge in [-0.2, -0.15) is 0 Å². The fourth-order valence-electron chi connectivity index (χ4n) is 1.98. The average Bonchev–Trinajstić information content (AvgIpc) is 2.84. The molecule has 0 aromatic heterocycles. The van der Waals surface area contributed by atoms with Crippen molar-refractivity contribution in [2.45, 2.75) is 6.10 Å². The van der Waals surface area contributed by atoms with Crippen LogP contribution in [0.4, 0.5) is 0 Å². The molecule has 0 radical (unpaired) electrons. The number of carbonyl (C=O) groups excluding carboxylic acids is 1. The van der Waals surface area contributed by atoms with Crippen LogP contribution < -0.4 is 0 Å². The Morgan fingerprint density at radius 3 is 2.75 bits per heavy atom. The minimum absolute atomic E-state index is 0.0733. The van der Waals surface area contributed by atoms with Crippen LogP contribution in [0.5, 0.6) is 0 Å². The molecule has 0 N–H and O–H groups in total. The lowest BCUT2D eigenvalue weighted by molar-refractivity contribution is -0.116. The van der Waals surface area contributed by atoms with Gasteiger partial charge in [0, 0.05) is 10.0 Å². The molecule has 1 aliphatic heterocycles. The van der Waals surface area contributed by atoms with Gasteiger partial charge in [-0.1, -0.05) is 33.2 Å². The van der Waals surface area contributed by atoms with Gasteiger partial charge < -0.3 is 4.84 Å². The smallest absolute Gasteiger partial charge is 0.168 e. The number of ketones is 1. The van der Waals surface area contributed by atoms with Gasteiger partial charge in [0.25, 0.3) is 0 Å². The Labute approximate surface area is 101 Å². The van der Waals surface area contributed by atoms with Crippen molar-refractivity contribution in [3.8, 4) is 0 Å². The quantitative estimate of drug-likeness (QED) is 0.790. The van der Waals surface area contributed by atoms with Crippen LogP contribution in [0.3, 0.4) is 0 Å². The number of rotatable bonds is 1. The highest BCUT2D eigenvalue weighted by Crippen LogP contribution is 2.29. The van der Waals surface area contributed by atoms with Crippen LogP contribution in [0.2, 0.25) is 0 Å². The molecule has 0 fully saturated rings. The first-order valence-corrected chi connectivity index (χ1v) is 5.77. The van der Waals surface area contributed by atoms with Crippen LogP contribution in [0, 0.1) is 5.92 Å². The van der Waals surface area contributed by atoms with E-state index in [1.807, 2.05) is 24.3 Å². The van der Waals surface area contributed by atoms with E-state index in [-0.39, 0.29) is 17.8 Å². The number of hydrogen-bond donors (Lipinski definition) is 0. The van der Waals surface area contributed by atoms with Crippen molar-refractivity contribution in [3.05, 3.63) is 46.5 Å². The minimum atomic E-state index is -0.249. The second-order valence-electron chi connectivity index (χ2n) is 3.79. The number of nitrogens with zero attached hydrogens (tertiary/aromatic N) is 1. The lowest BCUT2D eigenvalue weighted by Gasteiger charge is -2.07. The monoisotopic (exact) mass is 277 g/mol. The highest BCUT2D eigenvalue weighted by molar-refractivity contribution is 9.10. The number of allylic oxidation sites excluding steroid dienone is 1. The SMILES string of the molecule is O=C1C=C[C@H]2ON=C(c3ccc(Br)cc3)[C@@H]12. The van der Waals surface area contributed by atoms with E-state index in [0.29, 0.717) is 0 Å². The van der Waals surface area contributed by atoms with Crippen molar-refractivity contribution >= 4 is 27.4 Å². The molecule has 3 rings (SSSR count). The second kappa shape index (κ2) is 3.56. The number of halogens is 1. The minimum Gasteiger partial charge on any atom is -0.387 e. The molecule has 16 heavy (non-hydrogen) atoms. The van der Waals surface area contributed by atoms with E-state index in [1.165, 1.54) is 0 Å². The maximum atomic E-state index is 11.6. The van der Waals surface area contributed by atoms with Gasteiger partial charge in [-0.3, -0.25) is 4.79 Å². The molecular formula is C12H8BrNO2. The zero-order chi connectivity index (χ0) is 11.1. The van der Waals surface area contributed by atoms with Gasteiger partial charge in [0.2, 0.25) is 0 Å². The molecule has 0 amide bonds. The number of benzene rings is 1. The van der Waals surface area contributed by atoms with Gasteiger partial charge in [-0.25, -0.2) is 0 Å². The molecule has 0 unspecified atom stereocenters. The van der Waals surface area contributed by atoms with Crippen molar-refractivity contribution < 1.29 is 9.63 Å². The summed E-state index contributed by atoms with van der Waals surface area (Å²) in [7, 11) is 0. The summed E-state index contributed by atoms with van der Waals surface area (Å²) in [5.41, 5.74) is 1.67. The zero-order valence-electron chi connectivity index (χ0n) is 8.26. The fraction of sp³-hybridized carbons (Fsp3) is 0.167. The Kier molecular flexibility index (Phi) is 2.17. The summed E-state index contributed by atoms with van der Waals surface area (Å²) >= 11 is 3.37. The number of fused-ring (bicyclic) bond motifs is 1. The zero-order valence-corrected chi connectivity index (χ0v) is 9.85. The molecule has 2 atom stereocenters. The van der Waals surface area contributed by atoms with E-state index < -0.39 is 0 Å². The van der Waals surface area contributed by atoms with E-state index in [0.717, 1.165) is 15.7 Å². The number of hydrogen-bond acceptors (Lipinski definition) is 3. The second-order valence-corrected chi connectivity index (χ2v) is 4.71. The highest BCUT2D eigenvalue weighted by atomic mass is 79.9. The van der Waals surface area contributed by atoms with Crippen LogP contribution in [-0.2, 0) is 9.63 Å². The van der Waals surface area contributed by atoms with Gasteiger partial charge in [-0.15, -0.1) is 0 Å². The predicted octanol–water partition coefficient (Wildman–Crippen LogP) is 2.31. The van der Waals surface area contributed by atoms with Gasteiger partial charge in [-0.05, 0) is 24.3 Å². The Bertz CT molecular complexity index is 504. The summed E-state index contributed by atoms with van der Waals surface area (Å²) in [5.74, 6) is -0.176. The van der Waals surface area contributed by atoms with Crippen molar-refractivity contribution in [1.29, 1.82) is 0 Å². The Morgan fingerprint density at radius 1 is 1.25 bits per heavy atom. The van der Waals surface area contributed by atoms with E-state index in [1.54, 1.807) is 12.2 Å². The fourth-order valence-corrected chi connectivity index (χ4v) is 2.24. The van der Waals surface area contributed by atoms with Gasteiger partial charge in [0.1, 0.15) is 11.6 Å². The van der Waals surface area contributed by atoms with Crippen LogP contribution in [-0.4, -0.2) is 17.6 Å². The third kappa shape index (κ3) is 1.41. The molecule has 3 nitrogen and oxygen atoms in total. The third-order valence-corrected chi connectivity index (χ3v) is 3.32. The van der Waals surface area contributed by atoms with Gasteiger partial charge >= 0.3 is 0 Å². The van der Waals surface area contributed by atoms with Crippen LogP contribution in [0.1, 0.15) is 5.56 Å². The summed E-state index contributed by atoms with van der Waals surface area (Å²) < 4.78 is 1.00. The largest absolute Gasteiger partial charge is 0.387 e. The van der Waals surface area contributed by atoms with Crippen molar-refractivity contribution in [2.75, 3.05) is 0 Å². The Balaban J connectivity index is 1.97. The number of oxime groups is 1. The van der Waals surface area contributed by atoms with Gasteiger partial charge in [0.15, 0.2) is 11.9 Å². The standard InChI is InChI=1S/C12H8BrNO2/c13-8-3-1-7(2-4-8)12-11-9(15)5-6-10(11)16-14-12/h1-6,10-11H/t10-,11+/m1/s1. The first-order valence-electron chi connectivity index (χ1n) is 4.97. The van der Waals surface area contributed by atoms with Crippen LogP contribution in [0.25, 0.3) is 0 Å². The first-order chi connectivity index (χ1) is 7.75. The normalized spacial score (nSPS) is 26.6. The molecule has 0 saturated heterocycles. The molecule has 1 aromatic carbocycles. The van der Waals surface area contributed by atoms with E-state index in [4.69, 9.17) is 4.84 Å². The molecule has 2 aliphatic rings. The van der Waals surface area contributed by atoms with E-state index in [9.17, 15) is 4.79 Å². The molecule has 0 saturated carbocycles. The van der Waals surface area contributed by atoms with E-state index >= 15 is 0 Å². The number of carbonyl (C=O) groups is 1. The predicted molar refractivity (Wildman–Crippen MR) is 63.2 cm³/mol. The molecule has 0 spiro atoms. The van der Waals surface area contributed by atoms with Crippen LogP contribution in [0.15, 0.2) is 46.0 Å². The summed E-state index contributed by atoms with van der Waals surface area (Å²) in [6.07, 6.45) is 3.14. The average molecular weight is 278 g/mol. The summed E-state index contributed by atoms with van der Waals surface area (Å²) in [5, 5.41) is 4.00. The maximum Gasteiger partial charge on any atom is 0.168 e. The Morgan fingerprint density at radius 2 is 2.00 bits per heavy atom. The van der Waals surface area contributed by atoms with E-state index in [2.05, 4.69) is 21.1 Å². The van der Waals surface area contributed by atoms with Crippen molar-refractivity contribution in [1.82, 2.24) is 0 Å². The maximum absolute atomic E-state index is 11.6. The van der Waals surface area contributed by atoms with Gasteiger partial charge in [0.05, 0.1) is 0 Å². The molecule has 1 aliphatic carbocycles. The molecule has 1 aromatic rings.